The van der Waals surface area contributed by atoms with Crippen LogP contribution in [-0.2, 0) is 0 Å². The zero-order valence-electron chi connectivity index (χ0n) is 19.1. The van der Waals surface area contributed by atoms with Gasteiger partial charge in [-0.3, -0.25) is 0 Å². The Morgan fingerprint density at radius 3 is 2.21 bits per heavy atom. The van der Waals surface area contributed by atoms with Crippen molar-refractivity contribution in [3.05, 3.63) is 23.3 Å². The fourth-order valence-electron chi connectivity index (χ4n) is 2.73. The van der Waals surface area contributed by atoms with Crippen LogP contribution in [0.25, 0.3) is 0 Å². The van der Waals surface area contributed by atoms with Crippen LogP contribution in [0.4, 0.5) is 14.5 Å². The van der Waals surface area contributed by atoms with Gasteiger partial charge in [-0.1, -0.05) is 45.3 Å². The van der Waals surface area contributed by atoms with Gasteiger partial charge >= 0.3 is 0 Å². The number of ether oxygens (including phenoxy) is 1. The lowest BCUT2D eigenvalue weighted by atomic mass is 10.1. The fourth-order valence-corrected chi connectivity index (χ4v) is 5.63. The first-order valence-electron chi connectivity index (χ1n) is 10.1. The third kappa shape index (κ3) is 8.03. The smallest absolute Gasteiger partial charge is 0.267 e. The topological polar surface area (TPSA) is 24.8 Å². The molecule has 0 amide bonds. The molecule has 3 nitrogen and oxygen atoms in total. The molecule has 0 aliphatic heterocycles. The number of aryl methyl sites for hydroxylation is 1. The number of alkyl halides is 2. The fraction of sp³-hybridized carbons (Fsp3) is 0.667. The Morgan fingerprint density at radius 1 is 1.14 bits per heavy atom. The van der Waals surface area contributed by atoms with E-state index in [1.165, 1.54) is 6.07 Å². The second kappa shape index (κ2) is 10.0. The van der Waals surface area contributed by atoms with Gasteiger partial charge in [0.15, 0.2) is 0 Å². The van der Waals surface area contributed by atoms with Gasteiger partial charge in [-0.2, -0.15) is 0 Å². The van der Waals surface area contributed by atoms with E-state index in [0.717, 1.165) is 24.6 Å². The zero-order chi connectivity index (χ0) is 21.7. The Bertz CT molecular complexity index is 668. The van der Waals surface area contributed by atoms with Crippen molar-refractivity contribution in [2.45, 2.75) is 77.7 Å². The molecule has 0 aliphatic rings. The summed E-state index contributed by atoms with van der Waals surface area (Å²) in [5.41, 5.74) is 1.37. The van der Waals surface area contributed by atoms with E-state index in [1.54, 1.807) is 12.4 Å². The number of nitrogens with zero attached hydrogens (tertiary/aromatic N) is 2. The van der Waals surface area contributed by atoms with Crippen molar-refractivity contribution in [2.75, 3.05) is 13.6 Å². The summed E-state index contributed by atoms with van der Waals surface area (Å²) in [5.74, 6) is 0.318. The molecule has 160 valence electrons. The normalized spacial score (nSPS) is 14.0. The number of rotatable bonds is 10. The molecule has 0 aliphatic carbocycles. The Balaban J connectivity index is 3.22. The Kier molecular flexibility index (Phi) is 8.87. The molecular formula is C21H38F2N2OSi2. The second-order valence-electron chi connectivity index (χ2n) is 9.87. The summed E-state index contributed by atoms with van der Waals surface area (Å²) >= 11 is 0. The highest BCUT2D eigenvalue weighted by atomic mass is 28.3. The van der Waals surface area contributed by atoms with Gasteiger partial charge in [-0.25, -0.2) is 13.8 Å². The Labute approximate surface area is 172 Å². The van der Waals surface area contributed by atoms with E-state index >= 15 is 0 Å². The molecule has 1 aromatic carbocycles. The zero-order valence-corrected chi connectivity index (χ0v) is 21.1. The summed E-state index contributed by atoms with van der Waals surface area (Å²) in [6, 6.07) is 4.35. The minimum absolute atomic E-state index is 0.0247. The number of halogens is 2. The van der Waals surface area contributed by atoms with E-state index in [-0.39, 0.29) is 11.3 Å². The van der Waals surface area contributed by atoms with E-state index in [0.29, 0.717) is 11.4 Å². The molecule has 0 spiro atoms. The van der Waals surface area contributed by atoms with Crippen molar-refractivity contribution in [3.63, 3.8) is 0 Å². The third-order valence-corrected chi connectivity index (χ3v) is 8.97. The molecule has 0 bridgehead atoms. The highest BCUT2D eigenvalue weighted by Gasteiger charge is 2.31. The summed E-state index contributed by atoms with van der Waals surface area (Å²) in [6.45, 7) is 18.5. The van der Waals surface area contributed by atoms with Crippen LogP contribution in [0.3, 0.4) is 0 Å². The molecule has 0 radical (unpaired) electrons. The predicted molar refractivity (Wildman–Crippen MR) is 123 cm³/mol. The van der Waals surface area contributed by atoms with Gasteiger partial charge < -0.3 is 9.64 Å². The predicted octanol–water partition coefficient (Wildman–Crippen LogP) is 6.90. The highest BCUT2D eigenvalue weighted by molar-refractivity contribution is 6.78. The largest absolute Gasteiger partial charge is 0.494 e. The van der Waals surface area contributed by atoms with Crippen LogP contribution in [0.15, 0.2) is 17.1 Å². The van der Waals surface area contributed by atoms with Gasteiger partial charge in [0.2, 0.25) is 0 Å². The summed E-state index contributed by atoms with van der Waals surface area (Å²) in [4.78, 5) is 6.29. The van der Waals surface area contributed by atoms with Crippen LogP contribution in [-0.4, -0.2) is 46.7 Å². The van der Waals surface area contributed by atoms with Crippen molar-refractivity contribution in [2.24, 2.45) is 4.99 Å². The van der Waals surface area contributed by atoms with E-state index < -0.39 is 22.6 Å². The lowest BCUT2D eigenvalue weighted by Gasteiger charge is -2.32. The SMILES string of the molecule is CCN(C)C=Nc1cc(C(F)F)c(OC(CC[Si](C)(C)C)[Si](C)(C)C)cc1C. The standard InChI is InChI=1S/C21H38F2N2OSi2/c1-10-25(3)15-24-18-14-17(21(22)23)19(13-16(18)2)26-20(28(7,8)9)11-12-27(4,5)6/h13-15,20-21H,10-12H2,1-9H3. The third-order valence-electron chi connectivity index (χ3n) is 4.85. The lowest BCUT2D eigenvalue weighted by molar-refractivity contribution is 0.143. The van der Waals surface area contributed by atoms with Gasteiger partial charge in [-0.05, 0) is 38.0 Å². The Hall–Kier alpha value is -1.22. The van der Waals surface area contributed by atoms with E-state index in [9.17, 15) is 8.78 Å². The molecule has 28 heavy (non-hydrogen) atoms. The Morgan fingerprint density at radius 2 is 1.75 bits per heavy atom. The van der Waals surface area contributed by atoms with Crippen molar-refractivity contribution < 1.29 is 13.5 Å². The van der Waals surface area contributed by atoms with Crippen LogP contribution in [0.5, 0.6) is 5.75 Å². The molecule has 0 aromatic heterocycles. The molecule has 0 N–H and O–H groups in total. The average Bonchev–Trinajstić information content (AvgIpc) is 2.55. The monoisotopic (exact) mass is 428 g/mol. The van der Waals surface area contributed by atoms with Gasteiger partial charge in [0.25, 0.3) is 6.43 Å². The molecule has 0 fully saturated rings. The first kappa shape index (κ1) is 24.8. The summed E-state index contributed by atoms with van der Waals surface area (Å²) < 4.78 is 33.9. The van der Waals surface area contributed by atoms with Crippen molar-refractivity contribution in [1.29, 1.82) is 0 Å². The summed E-state index contributed by atoms with van der Waals surface area (Å²) in [7, 11) is -0.996. The van der Waals surface area contributed by atoms with E-state index in [4.69, 9.17) is 4.74 Å². The van der Waals surface area contributed by atoms with Gasteiger partial charge in [0.1, 0.15) is 5.75 Å². The summed E-state index contributed by atoms with van der Waals surface area (Å²) in [6.07, 6.45) is 0.0263. The maximum Gasteiger partial charge on any atom is 0.267 e. The molecule has 1 rings (SSSR count). The second-order valence-corrected chi connectivity index (χ2v) is 20.9. The molecule has 0 saturated carbocycles. The molecular weight excluding hydrogens is 390 g/mol. The molecule has 0 heterocycles. The molecule has 0 saturated heterocycles. The van der Waals surface area contributed by atoms with Crippen LogP contribution >= 0.6 is 0 Å². The quantitative estimate of drug-likeness (QED) is 0.230. The maximum absolute atomic E-state index is 13.8. The average molecular weight is 429 g/mol. The van der Waals surface area contributed by atoms with Gasteiger partial charge in [-0.15, -0.1) is 0 Å². The van der Waals surface area contributed by atoms with Gasteiger partial charge in [0.05, 0.1) is 31.4 Å². The van der Waals surface area contributed by atoms with E-state index in [2.05, 4.69) is 44.3 Å². The molecule has 1 aromatic rings. The van der Waals surface area contributed by atoms with Crippen LogP contribution in [0.2, 0.25) is 45.3 Å². The lowest BCUT2D eigenvalue weighted by Crippen LogP contribution is -2.43. The van der Waals surface area contributed by atoms with Crippen molar-refractivity contribution in [3.8, 4) is 5.75 Å². The van der Waals surface area contributed by atoms with Crippen molar-refractivity contribution in [1.82, 2.24) is 4.90 Å². The number of hydrogen-bond donors (Lipinski definition) is 0. The molecule has 1 unspecified atom stereocenters. The number of hydrogen-bond acceptors (Lipinski definition) is 2. The molecule has 1 atom stereocenters. The van der Waals surface area contributed by atoms with Crippen LogP contribution < -0.4 is 4.74 Å². The van der Waals surface area contributed by atoms with Crippen molar-refractivity contribution >= 4 is 28.2 Å². The maximum atomic E-state index is 13.8. The minimum Gasteiger partial charge on any atom is -0.494 e. The molecule has 7 heteroatoms. The first-order valence-corrected chi connectivity index (χ1v) is 17.4. The van der Waals surface area contributed by atoms with Gasteiger partial charge in [0, 0.05) is 21.7 Å². The van der Waals surface area contributed by atoms with Crippen LogP contribution in [0.1, 0.15) is 30.9 Å². The number of aliphatic imine (C=N–C) groups is 1. The highest BCUT2D eigenvalue weighted by Crippen LogP contribution is 2.37. The number of benzene rings is 1. The first-order chi connectivity index (χ1) is 12.7. The minimum atomic E-state index is -2.59. The van der Waals surface area contributed by atoms with E-state index in [1.807, 2.05) is 25.8 Å². The summed E-state index contributed by atoms with van der Waals surface area (Å²) in [5, 5.41) is 0. The van der Waals surface area contributed by atoms with Crippen LogP contribution in [0, 0.1) is 6.92 Å².